The van der Waals surface area contributed by atoms with Crippen molar-refractivity contribution in [1.82, 2.24) is 5.32 Å². The Morgan fingerprint density at radius 2 is 1.79 bits per heavy atom. The van der Waals surface area contributed by atoms with Crippen LogP contribution < -0.4 is 10.2 Å². The number of quaternary nitrogens is 1. The fraction of sp³-hybridized carbons (Fsp3) is 0.562. The first-order chi connectivity index (χ1) is 9.34. The molecule has 1 saturated carbocycles. The second-order valence-electron chi connectivity index (χ2n) is 5.85. The lowest BCUT2D eigenvalue weighted by molar-refractivity contribution is -0.926. The summed E-state index contributed by atoms with van der Waals surface area (Å²) in [6, 6.07) is 10.7. The molecule has 102 valence electrons. The summed E-state index contributed by atoms with van der Waals surface area (Å²) in [6.07, 6.45) is 6.12. The van der Waals surface area contributed by atoms with E-state index in [4.69, 9.17) is 0 Å². The van der Waals surface area contributed by atoms with Crippen LogP contribution in [0.1, 0.15) is 43.7 Å². The number of carbonyl (C=O) groups is 1. The van der Waals surface area contributed by atoms with Gasteiger partial charge in [0, 0.05) is 11.6 Å². The molecule has 2 fully saturated rings. The number of hydrogen-bond acceptors (Lipinski definition) is 1. The molecule has 2 aliphatic rings. The van der Waals surface area contributed by atoms with Crippen LogP contribution in [0.4, 0.5) is 0 Å². The molecular weight excluding hydrogens is 236 g/mol. The van der Waals surface area contributed by atoms with Gasteiger partial charge >= 0.3 is 0 Å². The Hall–Kier alpha value is -1.35. The second-order valence-corrected chi connectivity index (χ2v) is 5.85. The minimum atomic E-state index is -0.0119. The molecule has 3 nitrogen and oxygen atoms in total. The first-order valence-electron chi connectivity index (χ1n) is 7.54. The molecule has 1 atom stereocenters. The summed E-state index contributed by atoms with van der Waals surface area (Å²) in [4.78, 5) is 14.0. The highest BCUT2D eigenvalue weighted by atomic mass is 16.2. The number of carbonyl (C=O) groups excluding carboxylic acids is 1. The second kappa shape index (κ2) is 5.74. The first-order valence-corrected chi connectivity index (χ1v) is 7.54. The molecule has 1 aromatic rings. The quantitative estimate of drug-likeness (QED) is 0.833. The first kappa shape index (κ1) is 12.7. The largest absolute Gasteiger partial charge is 0.348 e. The normalized spacial score (nSPS) is 21.9. The van der Waals surface area contributed by atoms with Crippen molar-refractivity contribution in [2.75, 3.05) is 13.1 Å². The minimum Gasteiger partial charge on any atom is -0.348 e. The van der Waals surface area contributed by atoms with E-state index in [1.54, 1.807) is 0 Å². The van der Waals surface area contributed by atoms with E-state index in [1.807, 2.05) is 18.2 Å². The fourth-order valence-corrected chi connectivity index (χ4v) is 3.02. The Kier molecular flexibility index (Phi) is 3.83. The smallest absolute Gasteiger partial charge is 0.283 e. The van der Waals surface area contributed by atoms with E-state index < -0.39 is 0 Å². The van der Waals surface area contributed by atoms with Gasteiger partial charge in [0.1, 0.15) is 0 Å². The van der Waals surface area contributed by atoms with Crippen LogP contribution in [0.3, 0.4) is 0 Å². The van der Waals surface area contributed by atoms with Crippen molar-refractivity contribution in [2.45, 2.75) is 44.2 Å². The van der Waals surface area contributed by atoms with Gasteiger partial charge in [0.2, 0.25) is 0 Å². The third kappa shape index (κ3) is 3.16. The van der Waals surface area contributed by atoms with Crippen LogP contribution in [0.25, 0.3) is 0 Å². The molecular formula is C16H23N2O+. The summed E-state index contributed by atoms with van der Waals surface area (Å²) in [5.41, 5.74) is 1.16. The summed E-state index contributed by atoms with van der Waals surface area (Å²) in [7, 11) is 0. The van der Waals surface area contributed by atoms with Gasteiger partial charge in [-0.05, 0) is 32.1 Å². The summed E-state index contributed by atoms with van der Waals surface area (Å²) in [6.45, 7) is 2.25. The highest BCUT2D eigenvalue weighted by Crippen LogP contribution is 2.20. The third-order valence-corrected chi connectivity index (χ3v) is 4.22. The molecule has 0 bridgehead atoms. The third-order valence-electron chi connectivity index (χ3n) is 4.22. The summed E-state index contributed by atoms with van der Waals surface area (Å²) >= 11 is 0. The monoisotopic (exact) mass is 259 g/mol. The zero-order valence-electron chi connectivity index (χ0n) is 11.4. The number of benzene rings is 1. The molecule has 1 aliphatic carbocycles. The standard InChI is InChI=1S/C16H22N2O/c19-16(17-14-9-10-14)15(13-7-3-1-4-8-13)18-11-5-2-6-12-18/h1,3-4,7-8,14-15H,2,5-6,9-12H2,(H,17,19)/p+1/t15-/m0/s1. The number of hydrogen-bond donors (Lipinski definition) is 2. The molecule has 3 heteroatoms. The summed E-state index contributed by atoms with van der Waals surface area (Å²) < 4.78 is 0. The Morgan fingerprint density at radius 1 is 1.11 bits per heavy atom. The van der Waals surface area contributed by atoms with Crippen LogP contribution in [0.2, 0.25) is 0 Å². The molecule has 1 aliphatic heterocycles. The van der Waals surface area contributed by atoms with Crippen LogP contribution in [0, 0.1) is 0 Å². The van der Waals surface area contributed by atoms with Gasteiger partial charge in [-0.2, -0.15) is 0 Å². The lowest BCUT2D eigenvalue weighted by atomic mass is 10.0. The van der Waals surface area contributed by atoms with Crippen LogP contribution in [0.15, 0.2) is 30.3 Å². The van der Waals surface area contributed by atoms with Crippen LogP contribution in [-0.4, -0.2) is 25.0 Å². The molecule has 0 spiro atoms. The highest BCUT2D eigenvalue weighted by molar-refractivity contribution is 5.82. The van der Waals surface area contributed by atoms with Gasteiger partial charge in [0.15, 0.2) is 6.04 Å². The van der Waals surface area contributed by atoms with Crippen molar-refractivity contribution in [3.05, 3.63) is 35.9 Å². The SMILES string of the molecule is O=C(NC1CC1)[C@H](c1ccccc1)[NH+]1CCCCC1. The molecule has 1 saturated heterocycles. The predicted octanol–water partition coefficient (Wildman–Crippen LogP) is 1.08. The molecule has 1 amide bonds. The highest BCUT2D eigenvalue weighted by Gasteiger charge is 2.35. The van der Waals surface area contributed by atoms with Crippen molar-refractivity contribution in [1.29, 1.82) is 0 Å². The Balaban J connectivity index is 1.79. The number of rotatable bonds is 4. The van der Waals surface area contributed by atoms with Gasteiger partial charge in [-0.25, -0.2) is 0 Å². The topological polar surface area (TPSA) is 33.5 Å². The maximum Gasteiger partial charge on any atom is 0.283 e. The lowest BCUT2D eigenvalue weighted by Gasteiger charge is -2.31. The number of nitrogens with one attached hydrogen (secondary N) is 2. The number of likely N-dealkylation sites (tertiary alicyclic amines) is 1. The van der Waals surface area contributed by atoms with E-state index in [-0.39, 0.29) is 11.9 Å². The van der Waals surface area contributed by atoms with Gasteiger partial charge in [0.05, 0.1) is 13.1 Å². The maximum atomic E-state index is 12.6. The molecule has 0 aromatic heterocycles. The van der Waals surface area contributed by atoms with E-state index in [9.17, 15) is 4.79 Å². The fourth-order valence-electron chi connectivity index (χ4n) is 3.02. The van der Waals surface area contributed by atoms with E-state index in [2.05, 4.69) is 17.4 Å². The van der Waals surface area contributed by atoms with E-state index in [1.165, 1.54) is 24.2 Å². The van der Waals surface area contributed by atoms with Crippen molar-refractivity contribution in [2.24, 2.45) is 0 Å². The maximum absolute atomic E-state index is 12.6. The molecule has 0 radical (unpaired) electrons. The van der Waals surface area contributed by atoms with E-state index >= 15 is 0 Å². The molecule has 1 heterocycles. The Labute approximate surface area is 115 Å². The van der Waals surface area contributed by atoms with Gasteiger partial charge in [-0.15, -0.1) is 0 Å². The lowest BCUT2D eigenvalue weighted by Crippen LogP contribution is -3.14. The van der Waals surface area contributed by atoms with Crippen molar-refractivity contribution < 1.29 is 9.69 Å². The summed E-state index contributed by atoms with van der Waals surface area (Å²) in [5.74, 6) is 0.227. The average Bonchev–Trinajstić information content (AvgIpc) is 3.25. The van der Waals surface area contributed by atoms with Crippen LogP contribution in [0.5, 0.6) is 0 Å². The van der Waals surface area contributed by atoms with E-state index in [0.717, 1.165) is 31.5 Å². The molecule has 3 rings (SSSR count). The van der Waals surface area contributed by atoms with E-state index in [0.29, 0.717) is 6.04 Å². The van der Waals surface area contributed by atoms with Gasteiger partial charge in [-0.3, -0.25) is 4.79 Å². The molecule has 2 N–H and O–H groups in total. The van der Waals surface area contributed by atoms with Crippen LogP contribution >= 0.6 is 0 Å². The van der Waals surface area contributed by atoms with Gasteiger partial charge < -0.3 is 10.2 Å². The number of piperidine rings is 1. The van der Waals surface area contributed by atoms with Crippen molar-refractivity contribution >= 4 is 5.91 Å². The molecule has 1 aromatic carbocycles. The average molecular weight is 259 g/mol. The zero-order chi connectivity index (χ0) is 13.1. The molecule has 0 unspecified atom stereocenters. The Bertz CT molecular complexity index is 422. The summed E-state index contributed by atoms with van der Waals surface area (Å²) in [5, 5.41) is 3.19. The molecule has 19 heavy (non-hydrogen) atoms. The van der Waals surface area contributed by atoms with Crippen LogP contribution in [-0.2, 0) is 4.79 Å². The Morgan fingerprint density at radius 3 is 2.42 bits per heavy atom. The minimum absolute atomic E-state index is 0.0119. The van der Waals surface area contributed by atoms with Gasteiger partial charge in [-0.1, -0.05) is 30.3 Å². The van der Waals surface area contributed by atoms with Gasteiger partial charge in [0.25, 0.3) is 5.91 Å². The zero-order valence-corrected chi connectivity index (χ0v) is 11.4. The van der Waals surface area contributed by atoms with Crippen molar-refractivity contribution in [3.8, 4) is 0 Å². The van der Waals surface area contributed by atoms with Crippen molar-refractivity contribution in [3.63, 3.8) is 0 Å². The predicted molar refractivity (Wildman–Crippen MR) is 74.9 cm³/mol. The number of amides is 1.